The van der Waals surface area contributed by atoms with E-state index in [4.69, 9.17) is 0 Å². The van der Waals surface area contributed by atoms with E-state index >= 15 is 0 Å². The second-order valence-electron chi connectivity index (χ2n) is 7.29. The molecule has 9 heteroatoms. The molecule has 30 heavy (non-hydrogen) atoms. The van der Waals surface area contributed by atoms with Crippen LogP contribution in [0, 0.1) is 19.8 Å². The fourth-order valence-electron chi connectivity index (χ4n) is 3.39. The predicted octanol–water partition coefficient (Wildman–Crippen LogP) is 3.94. The number of carbonyl (C=O) groups is 1. The number of carbonyl (C=O) groups excluding carboxylic acids is 1. The first-order valence-corrected chi connectivity index (χ1v) is 11.0. The summed E-state index contributed by atoms with van der Waals surface area (Å²) in [6, 6.07) is 11.0. The summed E-state index contributed by atoms with van der Waals surface area (Å²) in [6.07, 6.45) is 0.682. The lowest BCUT2D eigenvalue weighted by Gasteiger charge is -2.30. The highest BCUT2D eigenvalue weighted by atomic mass is 32.2. The van der Waals surface area contributed by atoms with Crippen molar-refractivity contribution < 1.29 is 26.7 Å². The topological polar surface area (TPSA) is 75.7 Å². The maximum Gasteiger partial charge on any atom is 0.387 e. The molecular formula is C21H24F2N2O4S. The largest absolute Gasteiger partial charge is 0.433 e. The quantitative estimate of drug-likeness (QED) is 0.741. The number of benzene rings is 2. The molecule has 1 aliphatic rings. The molecule has 0 bridgehead atoms. The number of sulfonamides is 1. The first-order chi connectivity index (χ1) is 14.2. The van der Waals surface area contributed by atoms with E-state index in [9.17, 15) is 22.0 Å². The van der Waals surface area contributed by atoms with Crippen LogP contribution in [0.3, 0.4) is 0 Å². The molecule has 0 saturated carbocycles. The van der Waals surface area contributed by atoms with Crippen molar-refractivity contribution in [2.24, 2.45) is 5.92 Å². The zero-order valence-corrected chi connectivity index (χ0v) is 17.6. The van der Waals surface area contributed by atoms with Crippen LogP contribution in [0.5, 0.6) is 5.75 Å². The van der Waals surface area contributed by atoms with Crippen molar-refractivity contribution in [3.05, 3.63) is 53.6 Å². The Morgan fingerprint density at radius 1 is 1.10 bits per heavy atom. The maximum atomic E-state index is 12.9. The number of alkyl halides is 2. The zero-order valence-electron chi connectivity index (χ0n) is 16.8. The van der Waals surface area contributed by atoms with E-state index in [0.29, 0.717) is 12.8 Å². The Labute approximate surface area is 174 Å². The number of para-hydroxylation sites is 2. The van der Waals surface area contributed by atoms with Gasteiger partial charge in [0.15, 0.2) is 0 Å². The normalized spacial score (nSPS) is 15.9. The Morgan fingerprint density at radius 3 is 2.40 bits per heavy atom. The fourth-order valence-corrected chi connectivity index (χ4v) is 4.94. The number of halogens is 2. The molecule has 1 saturated heterocycles. The van der Waals surface area contributed by atoms with E-state index in [1.54, 1.807) is 24.3 Å². The monoisotopic (exact) mass is 438 g/mol. The Hall–Kier alpha value is -2.52. The number of rotatable bonds is 6. The van der Waals surface area contributed by atoms with Crippen LogP contribution in [0.15, 0.2) is 47.4 Å². The van der Waals surface area contributed by atoms with Crippen molar-refractivity contribution in [2.45, 2.75) is 38.2 Å². The Balaban J connectivity index is 1.64. The highest BCUT2D eigenvalue weighted by Crippen LogP contribution is 2.29. The second-order valence-corrected chi connectivity index (χ2v) is 9.23. The molecule has 0 spiro atoms. The molecule has 2 aromatic rings. The fraction of sp³-hybridized carbons (Fsp3) is 0.381. The second kappa shape index (κ2) is 9.09. The summed E-state index contributed by atoms with van der Waals surface area (Å²) in [6.45, 7) is 1.20. The molecule has 162 valence electrons. The average molecular weight is 438 g/mol. The van der Waals surface area contributed by atoms with Gasteiger partial charge in [0.05, 0.1) is 10.6 Å². The minimum atomic E-state index is -3.63. The van der Waals surface area contributed by atoms with Crippen LogP contribution in [-0.2, 0) is 14.8 Å². The van der Waals surface area contributed by atoms with E-state index in [2.05, 4.69) is 10.1 Å². The lowest BCUT2D eigenvalue weighted by molar-refractivity contribution is -0.121. The van der Waals surface area contributed by atoms with Gasteiger partial charge in [0.2, 0.25) is 15.9 Å². The molecule has 0 aliphatic carbocycles. The molecule has 6 nitrogen and oxygen atoms in total. The van der Waals surface area contributed by atoms with Crippen LogP contribution >= 0.6 is 0 Å². The first-order valence-electron chi connectivity index (χ1n) is 9.60. The van der Waals surface area contributed by atoms with Crippen molar-refractivity contribution in [2.75, 3.05) is 18.4 Å². The third kappa shape index (κ3) is 4.96. The summed E-state index contributed by atoms with van der Waals surface area (Å²) < 4.78 is 56.7. The van der Waals surface area contributed by atoms with Gasteiger partial charge in [-0.1, -0.05) is 18.2 Å². The van der Waals surface area contributed by atoms with Gasteiger partial charge in [0, 0.05) is 19.0 Å². The van der Waals surface area contributed by atoms with Crippen molar-refractivity contribution in [3.8, 4) is 5.75 Å². The molecule has 0 radical (unpaired) electrons. The van der Waals surface area contributed by atoms with Gasteiger partial charge >= 0.3 is 6.61 Å². The van der Waals surface area contributed by atoms with Crippen LogP contribution in [0.2, 0.25) is 0 Å². The number of amides is 1. The number of nitrogens with zero attached hydrogens (tertiary/aromatic N) is 1. The third-order valence-corrected chi connectivity index (χ3v) is 7.20. The zero-order chi connectivity index (χ0) is 21.9. The summed E-state index contributed by atoms with van der Waals surface area (Å²) in [5, 5.41) is 2.62. The highest BCUT2D eigenvalue weighted by Gasteiger charge is 2.32. The maximum absolute atomic E-state index is 12.9. The Bertz CT molecular complexity index is 1020. The minimum Gasteiger partial charge on any atom is -0.433 e. The number of anilines is 1. The number of hydrogen-bond donors (Lipinski definition) is 1. The SMILES string of the molecule is Cc1ccc(S(=O)(=O)N2CCC(C(=O)Nc3ccccc3OC(F)F)CC2)cc1C. The summed E-state index contributed by atoms with van der Waals surface area (Å²) in [5.41, 5.74) is 2.07. The molecule has 2 aromatic carbocycles. The van der Waals surface area contributed by atoms with Gasteiger partial charge in [-0.3, -0.25) is 4.79 Å². The molecule has 0 atom stereocenters. The van der Waals surface area contributed by atoms with Gasteiger partial charge in [-0.15, -0.1) is 0 Å². The van der Waals surface area contributed by atoms with Gasteiger partial charge in [0.25, 0.3) is 0 Å². The number of ether oxygens (including phenoxy) is 1. The predicted molar refractivity (Wildman–Crippen MR) is 109 cm³/mol. The molecular weight excluding hydrogens is 414 g/mol. The van der Waals surface area contributed by atoms with Gasteiger partial charge < -0.3 is 10.1 Å². The van der Waals surface area contributed by atoms with Crippen LogP contribution in [0.1, 0.15) is 24.0 Å². The number of piperidine rings is 1. The van der Waals surface area contributed by atoms with E-state index < -0.39 is 22.6 Å². The van der Waals surface area contributed by atoms with E-state index in [0.717, 1.165) is 11.1 Å². The minimum absolute atomic E-state index is 0.115. The standard InChI is InChI=1S/C21H24F2N2O4S/c1-14-7-8-17(13-15(14)2)30(27,28)25-11-9-16(10-12-25)20(26)24-18-5-3-4-6-19(18)29-21(22)23/h3-8,13,16,21H,9-12H2,1-2H3,(H,24,26). The molecule has 0 aromatic heterocycles. The molecule has 1 heterocycles. The molecule has 3 rings (SSSR count). The third-order valence-electron chi connectivity index (χ3n) is 5.30. The van der Waals surface area contributed by atoms with Gasteiger partial charge in [-0.2, -0.15) is 13.1 Å². The molecule has 1 fully saturated rings. The van der Waals surface area contributed by atoms with Crippen LogP contribution < -0.4 is 10.1 Å². The average Bonchev–Trinajstić information content (AvgIpc) is 2.71. The Morgan fingerprint density at radius 2 is 1.77 bits per heavy atom. The van der Waals surface area contributed by atoms with Crippen LogP contribution in [0.25, 0.3) is 0 Å². The van der Waals surface area contributed by atoms with Crippen LogP contribution in [0.4, 0.5) is 14.5 Å². The molecule has 1 amide bonds. The number of nitrogens with one attached hydrogen (secondary N) is 1. The first kappa shape index (κ1) is 22.2. The smallest absolute Gasteiger partial charge is 0.387 e. The summed E-state index contributed by atoms with van der Waals surface area (Å²) in [5.74, 6) is -0.880. The Kier molecular flexibility index (Phi) is 6.72. The van der Waals surface area contributed by atoms with Crippen molar-refractivity contribution in [1.29, 1.82) is 0 Å². The number of hydrogen-bond acceptors (Lipinski definition) is 4. The van der Waals surface area contributed by atoms with E-state index in [1.165, 1.54) is 22.5 Å². The lowest BCUT2D eigenvalue weighted by Crippen LogP contribution is -2.41. The van der Waals surface area contributed by atoms with E-state index in [-0.39, 0.29) is 35.3 Å². The van der Waals surface area contributed by atoms with Crippen molar-refractivity contribution in [1.82, 2.24) is 4.31 Å². The highest BCUT2D eigenvalue weighted by molar-refractivity contribution is 7.89. The van der Waals surface area contributed by atoms with Gasteiger partial charge in [-0.25, -0.2) is 8.42 Å². The number of aryl methyl sites for hydroxylation is 2. The van der Waals surface area contributed by atoms with Crippen molar-refractivity contribution in [3.63, 3.8) is 0 Å². The summed E-state index contributed by atoms with van der Waals surface area (Å²) in [7, 11) is -3.63. The molecule has 0 unspecified atom stereocenters. The molecule has 1 N–H and O–H groups in total. The van der Waals surface area contributed by atoms with Gasteiger partial charge in [0.1, 0.15) is 5.75 Å². The van der Waals surface area contributed by atoms with Gasteiger partial charge in [-0.05, 0) is 62.1 Å². The van der Waals surface area contributed by atoms with Crippen LogP contribution in [-0.4, -0.2) is 38.3 Å². The summed E-state index contributed by atoms with van der Waals surface area (Å²) in [4.78, 5) is 12.8. The summed E-state index contributed by atoms with van der Waals surface area (Å²) >= 11 is 0. The molecule has 1 aliphatic heterocycles. The van der Waals surface area contributed by atoms with E-state index in [1.807, 2.05) is 13.8 Å². The lowest BCUT2D eigenvalue weighted by atomic mass is 9.97. The van der Waals surface area contributed by atoms with Crippen molar-refractivity contribution >= 4 is 21.6 Å².